The van der Waals surface area contributed by atoms with Crippen LogP contribution < -0.4 is 5.32 Å². The number of alkyl halides is 1. The van der Waals surface area contributed by atoms with Gasteiger partial charge in [-0.05, 0) is 42.5 Å². The van der Waals surface area contributed by atoms with Gasteiger partial charge in [-0.3, -0.25) is 9.59 Å². The number of rotatable bonds is 4. The van der Waals surface area contributed by atoms with Crippen molar-refractivity contribution in [1.29, 1.82) is 0 Å². The third-order valence-corrected chi connectivity index (χ3v) is 4.00. The van der Waals surface area contributed by atoms with Crippen LogP contribution in [0.4, 0.5) is 5.69 Å². The van der Waals surface area contributed by atoms with Crippen LogP contribution >= 0.6 is 43.5 Å². The molecule has 0 fully saturated rings. The number of amides is 1. The van der Waals surface area contributed by atoms with Crippen molar-refractivity contribution in [3.63, 3.8) is 0 Å². The molecule has 0 heterocycles. The predicted molar refractivity (Wildman–Crippen MR) is 91.5 cm³/mol. The molecule has 3 nitrogen and oxygen atoms in total. The molecular weight excluding hydrogens is 421 g/mol. The summed E-state index contributed by atoms with van der Waals surface area (Å²) in [6, 6.07) is 11.8. The van der Waals surface area contributed by atoms with Crippen LogP contribution in [-0.2, 0) is 4.79 Å². The van der Waals surface area contributed by atoms with Gasteiger partial charge in [0.2, 0.25) is 5.91 Å². The second-order valence-electron chi connectivity index (χ2n) is 4.21. The lowest BCUT2D eigenvalue weighted by molar-refractivity contribution is -0.113. The third-order valence-electron chi connectivity index (χ3n) is 2.73. The number of hydrogen-bond acceptors (Lipinski definition) is 2. The van der Waals surface area contributed by atoms with Crippen molar-refractivity contribution in [2.75, 3.05) is 10.6 Å². The molecule has 2 rings (SSSR count). The SMILES string of the molecule is O=C(CBr)Nc1ccc(Cl)cc1C(=O)c1ccc(Br)cc1. The Bertz CT molecular complexity index is 687. The third kappa shape index (κ3) is 4.15. The van der Waals surface area contributed by atoms with Gasteiger partial charge < -0.3 is 5.32 Å². The minimum atomic E-state index is -0.234. The van der Waals surface area contributed by atoms with Crippen LogP contribution in [0.5, 0.6) is 0 Å². The van der Waals surface area contributed by atoms with E-state index in [1.54, 1.807) is 42.5 Å². The minimum absolute atomic E-state index is 0.154. The molecule has 2 aromatic rings. The van der Waals surface area contributed by atoms with Gasteiger partial charge in [-0.1, -0.05) is 43.5 Å². The first-order valence-electron chi connectivity index (χ1n) is 5.97. The molecule has 6 heteroatoms. The van der Waals surface area contributed by atoms with E-state index >= 15 is 0 Å². The van der Waals surface area contributed by atoms with E-state index < -0.39 is 0 Å². The Morgan fingerprint density at radius 3 is 2.38 bits per heavy atom. The number of anilines is 1. The van der Waals surface area contributed by atoms with E-state index in [-0.39, 0.29) is 17.0 Å². The van der Waals surface area contributed by atoms with Gasteiger partial charge in [0.1, 0.15) is 0 Å². The van der Waals surface area contributed by atoms with E-state index in [1.807, 2.05) is 0 Å². The molecule has 108 valence electrons. The van der Waals surface area contributed by atoms with Crippen LogP contribution in [0, 0.1) is 0 Å². The second kappa shape index (κ2) is 7.20. The molecule has 0 radical (unpaired) electrons. The molecule has 0 saturated heterocycles. The van der Waals surface area contributed by atoms with Crippen LogP contribution in [-0.4, -0.2) is 17.0 Å². The summed E-state index contributed by atoms with van der Waals surface area (Å²) in [5.41, 5.74) is 1.32. The van der Waals surface area contributed by atoms with Crippen molar-refractivity contribution in [2.24, 2.45) is 0 Å². The van der Waals surface area contributed by atoms with Crippen LogP contribution in [0.25, 0.3) is 0 Å². The zero-order chi connectivity index (χ0) is 15.4. The number of halogens is 3. The smallest absolute Gasteiger partial charge is 0.235 e. The van der Waals surface area contributed by atoms with Crippen LogP contribution in [0.2, 0.25) is 5.02 Å². The molecule has 2 aromatic carbocycles. The maximum absolute atomic E-state index is 12.6. The summed E-state index contributed by atoms with van der Waals surface area (Å²) in [5.74, 6) is -0.433. The van der Waals surface area contributed by atoms with Gasteiger partial charge in [0.05, 0.1) is 11.0 Å². The van der Waals surface area contributed by atoms with Crippen LogP contribution in [0.1, 0.15) is 15.9 Å². The van der Waals surface area contributed by atoms with Gasteiger partial charge in [0.25, 0.3) is 0 Å². The highest BCUT2D eigenvalue weighted by molar-refractivity contribution is 9.10. The van der Waals surface area contributed by atoms with E-state index in [0.717, 1.165) is 4.47 Å². The Morgan fingerprint density at radius 1 is 1.10 bits per heavy atom. The first kappa shape index (κ1) is 16.2. The summed E-state index contributed by atoms with van der Waals surface area (Å²) in [6.07, 6.45) is 0. The van der Waals surface area contributed by atoms with Gasteiger partial charge in [-0.15, -0.1) is 0 Å². The maximum Gasteiger partial charge on any atom is 0.235 e. The number of benzene rings is 2. The summed E-state index contributed by atoms with van der Waals surface area (Å²) >= 11 is 12.4. The van der Waals surface area contributed by atoms with Crippen LogP contribution in [0.15, 0.2) is 46.9 Å². The lowest BCUT2D eigenvalue weighted by Gasteiger charge is -2.10. The lowest BCUT2D eigenvalue weighted by Crippen LogP contribution is -2.15. The van der Waals surface area contributed by atoms with Crippen molar-refractivity contribution < 1.29 is 9.59 Å². The molecule has 0 atom stereocenters. The summed E-state index contributed by atoms with van der Waals surface area (Å²) in [5, 5.41) is 3.27. The van der Waals surface area contributed by atoms with Gasteiger partial charge >= 0.3 is 0 Å². The van der Waals surface area contributed by atoms with Crippen molar-refractivity contribution in [3.8, 4) is 0 Å². The summed E-state index contributed by atoms with van der Waals surface area (Å²) in [4.78, 5) is 24.1. The normalized spacial score (nSPS) is 10.2. The quantitative estimate of drug-likeness (QED) is 0.565. The average molecular weight is 432 g/mol. The standard InChI is InChI=1S/C15H10Br2ClNO2/c16-8-14(20)19-13-6-5-11(18)7-12(13)15(21)9-1-3-10(17)4-2-9/h1-7H,8H2,(H,19,20). The number of hydrogen-bond donors (Lipinski definition) is 1. The second-order valence-corrected chi connectivity index (χ2v) is 6.12. The Morgan fingerprint density at radius 2 is 1.76 bits per heavy atom. The Labute approximate surface area is 143 Å². The molecule has 0 saturated carbocycles. The highest BCUT2D eigenvalue weighted by atomic mass is 79.9. The van der Waals surface area contributed by atoms with Crippen molar-refractivity contribution in [2.45, 2.75) is 0 Å². The van der Waals surface area contributed by atoms with E-state index in [4.69, 9.17) is 11.6 Å². The number of ketones is 1. The van der Waals surface area contributed by atoms with Gasteiger partial charge in [-0.25, -0.2) is 0 Å². The van der Waals surface area contributed by atoms with E-state index in [9.17, 15) is 9.59 Å². The number of carbonyl (C=O) groups is 2. The zero-order valence-electron chi connectivity index (χ0n) is 10.7. The first-order chi connectivity index (χ1) is 10.0. The monoisotopic (exact) mass is 429 g/mol. The average Bonchev–Trinajstić information content (AvgIpc) is 2.49. The number of carbonyl (C=O) groups excluding carboxylic acids is 2. The predicted octanol–water partition coefficient (Wildman–Crippen LogP) is 4.67. The molecular formula is C15H10Br2ClNO2. The van der Waals surface area contributed by atoms with Gasteiger partial charge in [-0.2, -0.15) is 0 Å². The van der Waals surface area contributed by atoms with Crippen molar-refractivity contribution in [3.05, 3.63) is 63.1 Å². The molecule has 0 aromatic heterocycles. The Balaban J connectivity index is 2.41. The Kier molecular flexibility index (Phi) is 5.56. The van der Waals surface area contributed by atoms with E-state index in [2.05, 4.69) is 37.2 Å². The minimum Gasteiger partial charge on any atom is -0.325 e. The summed E-state index contributed by atoms with van der Waals surface area (Å²) in [7, 11) is 0. The molecule has 21 heavy (non-hydrogen) atoms. The lowest BCUT2D eigenvalue weighted by atomic mass is 10.0. The molecule has 0 spiro atoms. The highest BCUT2D eigenvalue weighted by Crippen LogP contribution is 2.24. The summed E-state index contributed by atoms with van der Waals surface area (Å²) in [6.45, 7) is 0. The molecule has 0 aliphatic rings. The summed E-state index contributed by atoms with van der Waals surface area (Å²) < 4.78 is 0.887. The van der Waals surface area contributed by atoms with E-state index in [0.29, 0.717) is 21.8 Å². The topological polar surface area (TPSA) is 46.2 Å². The first-order valence-corrected chi connectivity index (χ1v) is 8.26. The molecule has 0 unspecified atom stereocenters. The van der Waals surface area contributed by atoms with Crippen molar-refractivity contribution >= 4 is 60.8 Å². The molecule has 0 bridgehead atoms. The van der Waals surface area contributed by atoms with Crippen LogP contribution in [0.3, 0.4) is 0 Å². The molecule has 0 aliphatic heterocycles. The zero-order valence-corrected chi connectivity index (χ0v) is 14.6. The maximum atomic E-state index is 12.6. The molecule has 1 amide bonds. The molecule has 0 aliphatic carbocycles. The fourth-order valence-electron chi connectivity index (χ4n) is 1.75. The van der Waals surface area contributed by atoms with Crippen molar-refractivity contribution in [1.82, 2.24) is 0 Å². The van der Waals surface area contributed by atoms with Gasteiger partial charge in [0.15, 0.2) is 5.78 Å². The molecule has 1 N–H and O–H groups in total. The Hall–Kier alpha value is -1.17. The largest absolute Gasteiger partial charge is 0.325 e. The number of nitrogens with one attached hydrogen (secondary N) is 1. The van der Waals surface area contributed by atoms with Gasteiger partial charge in [0, 0.05) is 20.6 Å². The van der Waals surface area contributed by atoms with E-state index in [1.165, 1.54) is 0 Å². The fraction of sp³-hybridized carbons (Fsp3) is 0.0667. The highest BCUT2D eigenvalue weighted by Gasteiger charge is 2.15. The fourth-order valence-corrected chi connectivity index (χ4v) is 2.33.